The minimum absolute atomic E-state index is 0.804. The fraction of sp³-hybridized carbons (Fsp3) is 1.00. The highest BCUT2D eigenvalue weighted by Gasteiger charge is 2.02. The molecule has 0 rings (SSSR count). The van der Waals surface area contributed by atoms with Crippen LogP contribution in [0.15, 0.2) is 0 Å². The largest absolute Gasteiger partial charge is 0.330 e. The summed E-state index contributed by atoms with van der Waals surface area (Å²) in [4.78, 5) is 4.73. The molecular formula is C17H42N4. The fourth-order valence-corrected chi connectivity index (χ4v) is 1.99. The van der Waals surface area contributed by atoms with E-state index in [2.05, 4.69) is 37.7 Å². The van der Waals surface area contributed by atoms with Gasteiger partial charge in [-0.15, -0.1) is 0 Å². The first kappa shape index (κ1) is 23.1. The zero-order valence-electron chi connectivity index (χ0n) is 15.2. The summed E-state index contributed by atoms with van der Waals surface area (Å²) in [5, 5.41) is 0. The van der Waals surface area contributed by atoms with Gasteiger partial charge in [-0.1, -0.05) is 26.7 Å². The summed E-state index contributed by atoms with van der Waals surface area (Å²) in [6, 6.07) is 0. The first-order valence-electron chi connectivity index (χ1n) is 8.89. The summed E-state index contributed by atoms with van der Waals surface area (Å²) < 4.78 is 0. The third kappa shape index (κ3) is 22.3. The second-order valence-corrected chi connectivity index (χ2v) is 5.99. The molecule has 0 unspecified atom stereocenters. The zero-order valence-corrected chi connectivity index (χ0v) is 15.2. The van der Waals surface area contributed by atoms with E-state index in [0.29, 0.717) is 0 Å². The molecule has 0 aromatic carbocycles. The van der Waals surface area contributed by atoms with E-state index in [1.54, 1.807) is 0 Å². The molecule has 0 atom stereocenters. The molecule has 0 amide bonds. The van der Waals surface area contributed by atoms with Crippen molar-refractivity contribution in [3.63, 3.8) is 0 Å². The van der Waals surface area contributed by atoms with E-state index in [1.807, 2.05) is 0 Å². The Bertz CT molecular complexity index is 166. The first-order chi connectivity index (χ1) is 10.1. The number of hydrogen-bond donors (Lipinski definition) is 2. The van der Waals surface area contributed by atoms with Gasteiger partial charge in [0.15, 0.2) is 0 Å². The van der Waals surface area contributed by atoms with Crippen LogP contribution in [0.5, 0.6) is 0 Å². The Hall–Kier alpha value is -0.160. The molecule has 0 aliphatic carbocycles. The van der Waals surface area contributed by atoms with Crippen LogP contribution in [0.1, 0.15) is 58.8 Å². The predicted octanol–water partition coefficient (Wildman–Crippen LogP) is 2.52. The van der Waals surface area contributed by atoms with E-state index >= 15 is 0 Å². The van der Waals surface area contributed by atoms with Gasteiger partial charge >= 0.3 is 0 Å². The quantitative estimate of drug-likeness (QED) is 0.513. The molecular weight excluding hydrogens is 260 g/mol. The van der Waals surface area contributed by atoms with Crippen molar-refractivity contribution in [1.29, 1.82) is 0 Å². The lowest BCUT2D eigenvalue weighted by molar-refractivity contribution is 0.260. The summed E-state index contributed by atoms with van der Waals surface area (Å²) in [7, 11) is 4.10. The molecule has 4 nitrogen and oxygen atoms in total. The highest BCUT2D eigenvalue weighted by atomic mass is 15.1. The van der Waals surface area contributed by atoms with Crippen LogP contribution >= 0.6 is 0 Å². The summed E-state index contributed by atoms with van der Waals surface area (Å²) >= 11 is 0. The van der Waals surface area contributed by atoms with Crippen LogP contribution in [0, 0.1) is 0 Å². The molecule has 0 aliphatic heterocycles. The number of nitrogens with zero attached hydrogens (tertiary/aromatic N) is 2. The van der Waals surface area contributed by atoms with Crippen molar-refractivity contribution in [1.82, 2.24) is 9.80 Å². The van der Waals surface area contributed by atoms with Crippen molar-refractivity contribution >= 4 is 0 Å². The molecule has 130 valence electrons. The number of unbranched alkanes of at least 4 members (excludes halogenated alkanes) is 3. The number of hydrogen-bond acceptors (Lipinski definition) is 4. The molecule has 0 saturated carbocycles. The third-order valence-corrected chi connectivity index (χ3v) is 3.39. The number of nitrogens with two attached hydrogens (primary N) is 2. The normalized spacial score (nSPS) is 10.9. The van der Waals surface area contributed by atoms with Crippen LogP contribution in [-0.2, 0) is 0 Å². The molecule has 21 heavy (non-hydrogen) atoms. The van der Waals surface area contributed by atoms with Gasteiger partial charge in [-0.3, -0.25) is 0 Å². The lowest BCUT2D eigenvalue weighted by atomic mass is 10.2. The van der Waals surface area contributed by atoms with Crippen LogP contribution in [0.25, 0.3) is 0 Å². The van der Waals surface area contributed by atoms with Gasteiger partial charge in [0, 0.05) is 0 Å². The van der Waals surface area contributed by atoms with Crippen LogP contribution < -0.4 is 11.5 Å². The van der Waals surface area contributed by atoms with E-state index in [4.69, 9.17) is 11.5 Å². The van der Waals surface area contributed by atoms with Crippen LogP contribution in [0.2, 0.25) is 0 Å². The molecule has 0 fully saturated rings. The summed E-state index contributed by atoms with van der Waals surface area (Å²) in [5.41, 5.74) is 10.7. The smallest absolute Gasteiger partial charge is 0.00128 e. The van der Waals surface area contributed by atoms with Crippen LogP contribution in [0.3, 0.4) is 0 Å². The molecule has 0 spiro atoms. The predicted molar refractivity (Wildman–Crippen MR) is 96.8 cm³/mol. The Kier molecular flexibility index (Phi) is 21.8. The van der Waals surface area contributed by atoms with E-state index in [1.165, 1.54) is 58.2 Å². The Morgan fingerprint density at radius 2 is 1.10 bits per heavy atom. The maximum Gasteiger partial charge on any atom is -0.00128 e. The highest BCUT2D eigenvalue weighted by Crippen LogP contribution is 2.01. The average molecular weight is 303 g/mol. The first-order valence-corrected chi connectivity index (χ1v) is 8.89. The van der Waals surface area contributed by atoms with Gasteiger partial charge in [0.05, 0.1) is 0 Å². The molecule has 0 radical (unpaired) electrons. The Labute approximate surface area is 134 Å². The van der Waals surface area contributed by atoms with E-state index < -0.39 is 0 Å². The van der Waals surface area contributed by atoms with Gasteiger partial charge in [-0.05, 0) is 85.5 Å². The monoisotopic (exact) mass is 302 g/mol. The highest BCUT2D eigenvalue weighted by molar-refractivity contribution is 4.58. The molecule has 0 aromatic heterocycles. The molecule has 0 aliphatic rings. The SMILES string of the molecule is CCCCN(CCCC)CCCCN.CN(C)CCCN. The molecule has 0 bridgehead atoms. The van der Waals surface area contributed by atoms with Crippen molar-refractivity contribution in [3.05, 3.63) is 0 Å². The van der Waals surface area contributed by atoms with Crippen molar-refractivity contribution in [3.8, 4) is 0 Å². The zero-order chi connectivity index (χ0) is 16.3. The number of rotatable bonds is 13. The fourth-order valence-electron chi connectivity index (χ4n) is 1.99. The lowest BCUT2D eigenvalue weighted by Gasteiger charge is -2.21. The summed E-state index contributed by atoms with van der Waals surface area (Å²) in [6.45, 7) is 11.1. The van der Waals surface area contributed by atoms with Crippen molar-refractivity contribution in [2.45, 2.75) is 58.8 Å². The Morgan fingerprint density at radius 3 is 1.43 bits per heavy atom. The minimum Gasteiger partial charge on any atom is -0.330 e. The lowest BCUT2D eigenvalue weighted by Crippen LogP contribution is -2.27. The molecule has 4 heteroatoms. The van der Waals surface area contributed by atoms with E-state index in [-0.39, 0.29) is 0 Å². The summed E-state index contributed by atoms with van der Waals surface area (Å²) in [5.74, 6) is 0. The minimum atomic E-state index is 0.804. The topological polar surface area (TPSA) is 58.5 Å². The second-order valence-electron chi connectivity index (χ2n) is 5.99. The third-order valence-electron chi connectivity index (χ3n) is 3.39. The molecule has 4 N–H and O–H groups in total. The standard InChI is InChI=1S/C12H28N2.C5H14N2/c1-3-5-10-14(11-6-4-2)12-8-7-9-13;1-7(2)5-3-4-6/h3-13H2,1-2H3;3-6H2,1-2H3. The van der Waals surface area contributed by atoms with E-state index in [9.17, 15) is 0 Å². The van der Waals surface area contributed by atoms with Gasteiger partial charge in [0.2, 0.25) is 0 Å². The van der Waals surface area contributed by atoms with Gasteiger partial charge in [-0.25, -0.2) is 0 Å². The molecule has 0 heterocycles. The van der Waals surface area contributed by atoms with Crippen molar-refractivity contribution in [2.75, 3.05) is 53.4 Å². The average Bonchev–Trinajstić information content (AvgIpc) is 2.48. The maximum atomic E-state index is 5.50. The van der Waals surface area contributed by atoms with Crippen molar-refractivity contribution < 1.29 is 0 Å². The van der Waals surface area contributed by atoms with Gasteiger partial charge in [0.25, 0.3) is 0 Å². The van der Waals surface area contributed by atoms with Crippen LogP contribution in [0.4, 0.5) is 0 Å². The van der Waals surface area contributed by atoms with Gasteiger partial charge in [-0.2, -0.15) is 0 Å². The summed E-state index contributed by atoms with van der Waals surface area (Å²) in [6.07, 6.45) is 8.84. The maximum absolute atomic E-state index is 5.50. The van der Waals surface area contributed by atoms with Gasteiger partial charge < -0.3 is 21.3 Å². The Balaban J connectivity index is 0. The second kappa shape index (κ2) is 19.8. The Morgan fingerprint density at radius 1 is 0.619 bits per heavy atom. The van der Waals surface area contributed by atoms with Crippen LogP contribution in [-0.4, -0.2) is 63.2 Å². The molecule has 0 aromatic rings. The van der Waals surface area contributed by atoms with E-state index in [0.717, 1.165) is 26.1 Å². The van der Waals surface area contributed by atoms with Crippen molar-refractivity contribution in [2.24, 2.45) is 11.5 Å². The van der Waals surface area contributed by atoms with Gasteiger partial charge in [0.1, 0.15) is 0 Å². The molecule has 0 saturated heterocycles.